The van der Waals surface area contributed by atoms with Crippen molar-refractivity contribution >= 4 is 34.8 Å². The van der Waals surface area contributed by atoms with Gasteiger partial charge in [0.2, 0.25) is 0 Å². The fraction of sp³-hybridized carbons (Fsp3) is 0.282. The monoisotopic (exact) mass is 747 g/mol. The number of hydrogen-bond acceptors (Lipinski definition) is 7. The molecule has 0 spiro atoms. The Morgan fingerprint density at radius 2 is 1.83 bits per heavy atom. The van der Waals surface area contributed by atoms with E-state index in [9.17, 15) is 27.9 Å². The topological polar surface area (TPSA) is 107 Å². The lowest BCUT2D eigenvalue weighted by Gasteiger charge is -2.25. The average Bonchev–Trinajstić information content (AvgIpc) is 3.78. The van der Waals surface area contributed by atoms with Gasteiger partial charge >= 0.3 is 6.18 Å². The highest BCUT2D eigenvalue weighted by molar-refractivity contribution is 7.09. The standard InChI is InChI=1S/C39H37ClF3N5O3S/c1-23(15-32(27-9-5-12-31(49)18-27)44-21-25-7-3-10-29(16-25)39(41,42)43)45-36(50)28-19-33(26-8-4-11-30(40)17-26)47-34(20-28)38(51)48-14-6-13-35(48)37-46-24(2)22-52-37/h3-5,7-12,16-20,22-23,32,35,44,49H,6,13-15,21H2,1-2H3,(H,45,50)/t23-,32?,35+/m0/s1. The summed E-state index contributed by atoms with van der Waals surface area (Å²) in [5, 5.41) is 19.8. The van der Waals surface area contributed by atoms with Crippen LogP contribution in [-0.4, -0.2) is 44.4 Å². The van der Waals surface area contributed by atoms with E-state index in [1.807, 2.05) is 19.2 Å². The molecule has 52 heavy (non-hydrogen) atoms. The first-order valence-electron chi connectivity index (χ1n) is 16.8. The van der Waals surface area contributed by atoms with Crippen LogP contribution in [0.25, 0.3) is 11.3 Å². The van der Waals surface area contributed by atoms with Gasteiger partial charge in [-0.25, -0.2) is 9.97 Å². The van der Waals surface area contributed by atoms with Crippen LogP contribution in [0.2, 0.25) is 5.02 Å². The number of likely N-dealkylation sites (tertiary alicyclic amines) is 1. The summed E-state index contributed by atoms with van der Waals surface area (Å²) in [6.45, 7) is 4.38. The molecule has 3 atom stereocenters. The predicted molar refractivity (Wildman–Crippen MR) is 195 cm³/mol. The lowest BCUT2D eigenvalue weighted by atomic mass is 9.98. The number of nitrogens with zero attached hydrogens (tertiary/aromatic N) is 3. The molecule has 1 aliphatic rings. The number of carbonyl (C=O) groups is 2. The summed E-state index contributed by atoms with van der Waals surface area (Å²) in [7, 11) is 0. The summed E-state index contributed by atoms with van der Waals surface area (Å²) >= 11 is 7.82. The van der Waals surface area contributed by atoms with Crippen molar-refractivity contribution < 1.29 is 27.9 Å². The number of phenols is 1. The minimum Gasteiger partial charge on any atom is -0.508 e. The Hall–Kier alpha value is -4.78. The lowest BCUT2D eigenvalue weighted by molar-refractivity contribution is -0.137. The van der Waals surface area contributed by atoms with Crippen molar-refractivity contribution in [1.29, 1.82) is 0 Å². The molecular formula is C39H37ClF3N5O3S. The van der Waals surface area contributed by atoms with Crippen molar-refractivity contribution in [2.45, 2.75) is 64.0 Å². The number of benzene rings is 3. The van der Waals surface area contributed by atoms with E-state index in [0.29, 0.717) is 40.4 Å². The molecule has 8 nitrogen and oxygen atoms in total. The van der Waals surface area contributed by atoms with Gasteiger partial charge in [-0.05, 0) is 86.7 Å². The third-order valence-electron chi connectivity index (χ3n) is 8.91. The fourth-order valence-corrected chi connectivity index (χ4v) is 7.54. The van der Waals surface area contributed by atoms with E-state index in [-0.39, 0.29) is 35.5 Å². The molecule has 2 aromatic heterocycles. The van der Waals surface area contributed by atoms with E-state index >= 15 is 0 Å². The Balaban J connectivity index is 1.24. The Labute approximate surface area is 308 Å². The van der Waals surface area contributed by atoms with Gasteiger partial charge in [-0.15, -0.1) is 11.3 Å². The number of thiazole rings is 1. The SMILES string of the molecule is Cc1csc([C@H]2CCCN2C(=O)c2cc(C(=O)N[C@@H](C)CC(NCc3cccc(C(F)(F)F)c3)c3cccc(O)c3)cc(-c3cccc(Cl)c3)n2)n1. The van der Waals surface area contributed by atoms with Crippen molar-refractivity contribution in [3.63, 3.8) is 0 Å². The fourth-order valence-electron chi connectivity index (χ4n) is 6.40. The Morgan fingerprint density at radius 3 is 2.56 bits per heavy atom. The van der Waals surface area contributed by atoms with Gasteiger partial charge in [-0.2, -0.15) is 13.2 Å². The number of amides is 2. The molecule has 1 unspecified atom stereocenters. The van der Waals surface area contributed by atoms with E-state index in [1.54, 1.807) is 59.5 Å². The van der Waals surface area contributed by atoms with Gasteiger partial charge in [0, 0.05) is 52.4 Å². The molecule has 1 aliphatic heterocycles. The van der Waals surface area contributed by atoms with Gasteiger partial charge in [0.25, 0.3) is 11.8 Å². The van der Waals surface area contributed by atoms with E-state index in [1.165, 1.54) is 29.5 Å². The summed E-state index contributed by atoms with van der Waals surface area (Å²) in [6, 6.07) is 20.7. The zero-order chi connectivity index (χ0) is 37.0. The quantitative estimate of drug-likeness (QED) is 0.125. The molecular weight excluding hydrogens is 711 g/mol. The number of aryl methyl sites for hydroxylation is 1. The second-order valence-corrected chi connectivity index (χ2v) is 14.3. The highest BCUT2D eigenvalue weighted by Gasteiger charge is 2.34. The maximum atomic E-state index is 14.1. The number of hydrogen-bond donors (Lipinski definition) is 3. The van der Waals surface area contributed by atoms with E-state index < -0.39 is 29.7 Å². The smallest absolute Gasteiger partial charge is 0.416 e. The van der Waals surface area contributed by atoms with Crippen LogP contribution < -0.4 is 10.6 Å². The second kappa shape index (κ2) is 15.9. The number of alkyl halides is 3. The Morgan fingerprint density at radius 1 is 1.04 bits per heavy atom. The van der Waals surface area contributed by atoms with Crippen molar-refractivity contribution in [1.82, 2.24) is 25.5 Å². The Bertz CT molecular complexity index is 2070. The van der Waals surface area contributed by atoms with Crippen LogP contribution >= 0.6 is 22.9 Å². The van der Waals surface area contributed by atoms with Crippen molar-refractivity contribution in [3.8, 4) is 17.0 Å². The van der Waals surface area contributed by atoms with Crippen molar-refractivity contribution in [2.24, 2.45) is 0 Å². The molecule has 13 heteroatoms. The summed E-state index contributed by atoms with van der Waals surface area (Å²) < 4.78 is 40.1. The minimum atomic E-state index is -4.47. The molecule has 5 aromatic rings. The molecule has 270 valence electrons. The van der Waals surface area contributed by atoms with Crippen LogP contribution in [0.3, 0.4) is 0 Å². The maximum absolute atomic E-state index is 14.1. The molecule has 0 bridgehead atoms. The highest BCUT2D eigenvalue weighted by Crippen LogP contribution is 2.35. The third kappa shape index (κ3) is 8.98. The summed E-state index contributed by atoms with van der Waals surface area (Å²) in [5.74, 6) is -0.704. The molecule has 2 amide bonds. The van der Waals surface area contributed by atoms with Gasteiger partial charge < -0.3 is 20.6 Å². The lowest BCUT2D eigenvalue weighted by Crippen LogP contribution is -2.36. The van der Waals surface area contributed by atoms with Crippen LogP contribution in [0.4, 0.5) is 13.2 Å². The molecule has 1 saturated heterocycles. The van der Waals surface area contributed by atoms with Gasteiger partial charge in [-0.1, -0.05) is 54.1 Å². The maximum Gasteiger partial charge on any atom is 0.416 e. The first-order chi connectivity index (χ1) is 24.8. The van der Waals surface area contributed by atoms with Gasteiger partial charge in [0.05, 0.1) is 17.3 Å². The van der Waals surface area contributed by atoms with Crippen LogP contribution in [-0.2, 0) is 12.7 Å². The number of pyridine rings is 1. The van der Waals surface area contributed by atoms with Crippen molar-refractivity contribution in [3.05, 3.63) is 134 Å². The van der Waals surface area contributed by atoms with Crippen LogP contribution in [0.15, 0.2) is 90.3 Å². The normalized spacial score (nSPS) is 15.7. The predicted octanol–water partition coefficient (Wildman–Crippen LogP) is 8.91. The first kappa shape index (κ1) is 37.0. The third-order valence-corrected chi connectivity index (χ3v) is 10.2. The molecule has 0 radical (unpaired) electrons. The molecule has 6 rings (SSSR count). The van der Waals surface area contributed by atoms with Crippen LogP contribution in [0.5, 0.6) is 5.75 Å². The first-order valence-corrected chi connectivity index (χ1v) is 18.1. The number of halogens is 4. The number of aromatic nitrogens is 2. The second-order valence-electron chi connectivity index (χ2n) is 13.0. The molecule has 3 aromatic carbocycles. The van der Waals surface area contributed by atoms with E-state index in [0.717, 1.165) is 35.7 Å². The minimum absolute atomic E-state index is 0.0350. The highest BCUT2D eigenvalue weighted by atomic mass is 35.5. The summed E-state index contributed by atoms with van der Waals surface area (Å²) in [4.78, 5) is 39.1. The van der Waals surface area contributed by atoms with Crippen LogP contribution in [0.1, 0.15) is 86.5 Å². The average molecular weight is 748 g/mol. The zero-order valence-corrected chi connectivity index (χ0v) is 30.0. The summed E-state index contributed by atoms with van der Waals surface area (Å²) in [5.41, 5.74) is 2.68. The number of aromatic hydroxyl groups is 1. The number of nitrogens with one attached hydrogen (secondary N) is 2. The number of rotatable bonds is 11. The summed E-state index contributed by atoms with van der Waals surface area (Å²) in [6.07, 6.45) is -2.55. The number of phenolic OH excluding ortho intramolecular Hbond substituents is 1. The molecule has 0 saturated carbocycles. The zero-order valence-electron chi connectivity index (χ0n) is 28.5. The Kier molecular flexibility index (Phi) is 11.3. The van der Waals surface area contributed by atoms with Gasteiger partial charge in [0.15, 0.2) is 0 Å². The van der Waals surface area contributed by atoms with Gasteiger partial charge in [-0.3, -0.25) is 9.59 Å². The van der Waals surface area contributed by atoms with Crippen LogP contribution in [0, 0.1) is 6.92 Å². The van der Waals surface area contributed by atoms with Crippen molar-refractivity contribution in [2.75, 3.05) is 6.54 Å². The van der Waals surface area contributed by atoms with Gasteiger partial charge in [0.1, 0.15) is 16.5 Å². The van der Waals surface area contributed by atoms with E-state index in [4.69, 9.17) is 16.6 Å². The largest absolute Gasteiger partial charge is 0.508 e. The number of carbonyl (C=O) groups excluding carboxylic acids is 2. The molecule has 3 heterocycles. The molecule has 1 fully saturated rings. The molecule has 0 aliphatic carbocycles. The molecule has 3 N–H and O–H groups in total. The van der Waals surface area contributed by atoms with E-state index in [2.05, 4.69) is 15.6 Å².